The molecular formula is C18H21N5O2S. The van der Waals surface area contributed by atoms with Gasteiger partial charge in [-0.05, 0) is 12.1 Å². The molecule has 0 fully saturated rings. The first-order valence-corrected chi connectivity index (χ1v) is 9.25. The van der Waals surface area contributed by atoms with Crippen molar-refractivity contribution >= 4 is 11.8 Å². The highest BCUT2D eigenvalue weighted by Gasteiger charge is 2.18. The summed E-state index contributed by atoms with van der Waals surface area (Å²) in [5, 5.41) is 13.5. The first-order chi connectivity index (χ1) is 12.6. The van der Waals surface area contributed by atoms with E-state index in [4.69, 9.17) is 9.26 Å². The number of benzene rings is 1. The summed E-state index contributed by atoms with van der Waals surface area (Å²) >= 11 is 1.51. The number of rotatable bonds is 8. The molecule has 1 aromatic carbocycles. The SMILES string of the molecule is C=CCn1c(SCc2noc(C(C)C)n2)nnc1-c1ccccc1OC. The summed E-state index contributed by atoms with van der Waals surface area (Å²) < 4.78 is 12.7. The molecule has 0 radical (unpaired) electrons. The van der Waals surface area contributed by atoms with Gasteiger partial charge in [-0.15, -0.1) is 16.8 Å². The minimum Gasteiger partial charge on any atom is -0.496 e. The van der Waals surface area contributed by atoms with Crippen molar-refractivity contribution in [2.24, 2.45) is 0 Å². The van der Waals surface area contributed by atoms with E-state index in [1.165, 1.54) is 11.8 Å². The van der Waals surface area contributed by atoms with E-state index in [-0.39, 0.29) is 5.92 Å². The van der Waals surface area contributed by atoms with Crippen LogP contribution in [0.2, 0.25) is 0 Å². The minimum absolute atomic E-state index is 0.211. The number of methoxy groups -OCH3 is 1. The van der Waals surface area contributed by atoms with Crippen LogP contribution in [-0.4, -0.2) is 32.0 Å². The molecule has 0 atom stereocenters. The lowest BCUT2D eigenvalue weighted by Gasteiger charge is -2.10. The van der Waals surface area contributed by atoms with Gasteiger partial charge in [-0.25, -0.2) is 0 Å². The van der Waals surface area contributed by atoms with Gasteiger partial charge in [-0.1, -0.05) is 49.0 Å². The maximum absolute atomic E-state index is 5.45. The summed E-state index contributed by atoms with van der Waals surface area (Å²) in [5.74, 6) is 3.54. The third-order valence-electron chi connectivity index (χ3n) is 3.68. The number of para-hydroxylation sites is 1. The Morgan fingerprint density at radius 2 is 2.12 bits per heavy atom. The van der Waals surface area contributed by atoms with Gasteiger partial charge in [0.25, 0.3) is 0 Å². The van der Waals surface area contributed by atoms with Crippen LogP contribution in [-0.2, 0) is 12.3 Å². The molecular weight excluding hydrogens is 350 g/mol. The molecule has 26 heavy (non-hydrogen) atoms. The second-order valence-electron chi connectivity index (χ2n) is 5.90. The second kappa shape index (κ2) is 8.18. The second-order valence-corrected chi connectivity index (χ2v) is 6.84. The fourth-order valence-electron chi connectivity index (χ4n) is 2.41. The van der Waals surface area contributed by atoms with E-state index < -0.39 is 0 Å². The van der Waals surface area contributed by atoms with Crippen LogP contribution in [0.25, 0.3) is 11.4 Å². The van der Waals surface area contributed by atoms with Gasteiger partial charge in [0, 0.05) is 12.5 Å². The smallest absolute Gasteiger partial charge is 0.229 e. The van der Waals surface area contributed by atoms with Gasteiger partial charge in [0.2, 0.25) is 5.89 Å². The predicted octanol–water partition coefficient (Wildman–Crippen LogP) is 3.94. The maximum Gasteiger partial charge on any atom is 0.229 e. The van der Waals surface area contributed by atoms with E-state index >= 15 is 0 Å². The summed E-state index contributed by atoms with van der Waals surface area (Å²) in [4.78, 5) is 4.40. The molecule has 0 N–H and O–H groups in total. The molecule has 0 spiro atoms. The molecule has 0 saturated heterocycles. The van der Waals surface area contributed by atoms with Crippen molar-refractivity contribution < 1.29 is 9.26 Å². The first kappa shape index (κ1) is 18.2. The van der Waals surface area contributed by atoms with Crippen molar-refractivity contribution in [1.82, 2.24) is 24.9 Å². The number of ether oxygens (including phenoxy) is 1. The number of thioether (sulfide) groups is 1. The fraction of sp³-hybridized carbons (Fsp3) is 0.333. The fourth-order valence-corrected chi connectivity index (χ4v) is 3.20. The predicted molar refractivity (Wildman–Crippen MR) is 100 cm³/mol. The number of aromatic nitrogens is 5. The Bertz CT molecular complexity index is 887. The van der Waals surface area contributed by atoms with E-state index in [9.17, 15) is 0 Å². The van der Waals surface area contributed by atoms with Crippen LogP contribution in [0.15, 0.2) is 46.6 Å². The van der Waals surface area contributed by atoms with Crippen molar-refractivity contribution in [2.75, 3.05) is 7.11 Å². The topological polar surface area (TPSA) is 78.9 Å². The average molecular weight is 371 g/mol. The van der Waals surface area contributed by atoms with E-state index in [1.54, 1.807) is 7.11 Å². The Kier molecular flexibility index (Phi) is 5.72. The molecule has 3 rings (SSSR count). The summed E-state index contributed by atoms with van der Waals surface area (Å²) in [6.07, 6.45) is 1.82. The third kappa shape index (κ3) is 3.80. The lowest BCUT2D eigenvalue weighted by molar-refractivity contribution is 0.362. The summed E-state index contributed by atoms with van der Waals surface area (Å²) in [6.45, 7) is 8.47. The Hall–Kier alpha value is -2.61. The Morgan fingerprint density at radius 1 is 1.31 bits per heavy atom. The molecule has 0 aliphatic rings. The van der Waals surface area contributed by atoms with Crippen molar-refractivity contribution in [1.29, 1.82) is 0 Å². The summed E-state index contributed by atoms with van der Waals surface area (Å²) in [6, 6.07) is 7.74. The van der Waals surface area contributed by atoms with Gasteiger partial charge >= 0.3 is 0 Å². The lowest BCUT2D eigenvalue weighted by Crippen LogP contribution is -2.02. The molecule has 0 amide bonds. The Balaban J connectivity index is 1.86. The molecule has 136 valence electrons. The van der Waals surface area contributed by atoms with E-state index in [0.717, 1.165) is 22.3 Å². The van der Waals surface area contributed by atoms with Gasteiger partial charge in [0.15, 0.2) is 16.8 Å². The molecule has 3 aromatic rings. The highest BCUT2D eigenvalue weighted by Crippen LogP contribution is 2.31. The monoisotopic (exact) mass is 371 g/mol. The molecule has 2 aromatic heterocycles. The summed E-state index contributed by atoms with van der Waals surface area (Å²) in [5.41, 5.74) is 0.887. The van der Waals surface area contributed by atoms with Crippen LogP contribution >= 0.6 is 11.8 Å². The van der Waals surface area contributed by atoms with E-state index in [1.807, 2.05) is 48.8 Å². The zero-order chi connectivity index (χ0) is 18.5. The standard InChI is InChI=1S/C18H21N5O2S/c1-5-10-23-16(13-8-6-7-9-14(13)24-4)20-21-18(23)26-11-15-19-17(12(2)3)25-22-15/h5-9,12H,1,10-11H2,2-4H3. The zero-order valence-corrected chi connectivity index (χ0v) is 15.9. The van der Waals surface area contributed by atoms with Crippen LogP contribution in [0, 0.1) is 0 Å². The molecule has 7 nitrogen and oxygen atoms in total. The van der Waals surface area contributed by atoms with Gasteiger partial charge in [-0.3, -0.25) is 4.57 Å². The lowest BCUT2D eigenvalue weighted by atomic mass is 10.2. The molecule has 0 saturated carbocycles. The van der Waals surface area contributed by atoms with Crippen LogP contribution in [0.3, 0.4) is 0 Å². The van der Waals surface area contributed by atoms with E-state index in [0.29, 0.717) is 24.0 Å². The minimum atomic E-state index is 0.211. The summed E-state index contributed by atoms with van der Waals surface area (Å²) in [7, 11) is 1.64. The third-order valence-corrected chi connectivity index (χ3v) is 4.65. The van der Waals surface area contributed by atoms with Gasteiger partial charge in [-0.2, -0.15) is 4.98 Å². The van der Waals surface area contributed by atoms with Crippen molar-refractivity contribution in [2.45, 2.75) is 37.2 Å². The number of hydrogen-bond donors (Lipinski definition) is 0. The first-order valence-electron chi connectivity index (χ1n) is 8.26. The molecule has 8 heteroatoms. The van der Waals surface area contributed by atoms with Crippen LogP contribution in [0.4, 0.5) is 0 Å². The highest BCUT2D eigenvalue weighted by molar-refractivity contribution is 7.98. The quantitative estimate of drug-likeness (QED) is 0.438. The van der Waals surface area contributed by atoms with Crippen molar-refractivity contribution in [3.05, 3.63) is 48.6 Å². The zero-order valence-electron chi connectivity index (χ0n) is 15.0. The normalized spacial score (nSPS) is 11.1. The van der Waals surface area contributed by atoms with Crippen molar-refractivity contribution in [3.8, 4) is 17.1 Å². The number of nitrogens with zero attached hydrogens (tertiary/aromatic N) is 5. The molecule has 0 aliphatic heterocycles. The highest BCUT2D eigenvalue weighted by atomic mass is 32.2. The molecule has 2 heterocycles. The van der Waals surface area contributed by atoms with Gasteiger partial charge < -0.3 is 9.26 Å². The van der Waals surface area contributed by atoms with Crippen LogP contribution in [0.1, 0.15) is 31.5 Å². The number of hydrogen-bond acceptors (Lipinski definition) is 7. The molecule has 0 bridgehead atoms. The molecule has 0 aliphatic carbocycles. The number of allylic oxidation sites excluding steroid dienone is 1. The van der Waals surface area contributed by atoms with E-state index in [2.05, 4.69) is 26.9 Å². The Morgan fingerprint density at radius 3 is 2.81 bits per heavy atom. The van der Waals surface area contributed by atoms with Gasteiger partial charge in [0.05, 0.1) is 18.4 Å². The maximum atomic E-state index is 5.45. The average Bonchev–Trinajstić information content (AvgIpc) is 3.27. The van der Waals surface area contributed by atoms with Crippen molar-refractivity contribution in [3.63, 3.8) is 0 Å². The Labute approximate surface area is 156 Å². The largest absolute Gasteiger partial charge is 0.496 e. The van der Waals surface area contributed by atoms with Crippen LogP contribution < -0.4 is 4.74 Å². The van der Waals surface area contributed by atoms with Gasteiger partial charge in [0.1, 0.15) is 5.75 Å². The van der Waals surface area contributed by atoms with Crippen LogP contribution in [0.5, 0.6) is 5.75 Å². The molecule has 0 unspecified atom stereocenters.